The van der Waals surface area contributed by atoms with Crippen molar-refractivity contribution in [1.82, 2.24) is 0 Å². The maximum absolute atomic E-state index is 5.45. The lowest BCUT2D eigenvalue weighted by atomic mass is 10.1. The second kappa shape index (κ2) is 6.46. The van der Waals surface area contributed by atoms with Gasteiger partial charge < -0.3 is 4.28 Å². The summed E-state index contributed by atoms with van der Waals surface area (Å²) in [5.74, 6) is 0. The van der Waals surface area contributed by atoms with Crippen LogP contribution in [0.4, 0.5) is 0 Å². The van der Waals surface area contributed by atoms with E-state index >= 15 is 0 Å². The summed E-state index contributed by atoms with van der Waals surface area (Å²) in [5.41, 5.74) is 1.93. The summed E-state index contributed by atoms with van der Waals surface area (Å²) in [6.07, 6.45) is 0. The molecule has 0 aliphatic rings. The fourth-order valence-electron chi connectivity index (χ4n) is 2.12. The maximum atomic E-state index is 5.45. The van der Waals surface area contributed by atoms with Gasteiger partial charge >= 0.3 is 0 Å². The molecule has 0 spiro atoms. The molecule has 0 aliphatic carbocycles. The lowest BCUT2D eigenvalue weighted by Crippen LogP contribution is -1.93. The molecular formula is C18H15NOS. The highest BCUT2D eigenvalue weighted by molar-refractivity contribution is 7.94. The highest BCUT2D eigenvalue weighted by Crippen LogP contribution is 2.28. The molecule has 0 saturated carbocycles. The topological polar surface area (TPSA) is 21.6 Å². The van der Waals surface area contributed by atoms with Crippen LogP contribution < -0.4 is 0 Å². The molecule has 0 aliphatic heterocycles. The van der Waals surface area contributed by atoms with Gasteiger partial charge in [-0.2, -0.15) is 0 Å². The molecular weight excluding hydrogens is 278 g/mol. The van der Waals surface area contributed by atoms with Crippen LogP contribution in [0, 0.1) is 0 Å². The first-order valence-corrected chi connectivity index (χ1v) is 7.50. The van der Waals surface area contributed by atoms with E-state index in [-0.39, 0.29) is 0 Å². The zero-order valence-electron chi connectivity index (χ0n) is 11.7. The smallest absolute Gasteiger partial charge is 0.125 e. The highest BCUT2D eigenvalue weighted by atomic mass is 32.2. The lowest BCUT2D eigenvalue weighted by Gasteiger charge is -2.04. The van der Waals surface area contributed by atoms with E-state index in [1.165, 1.54) is 22.8 Å². The van der Waals surface area contributed by atoms with Gasteiger partial charge in [-0.15, -0.1) is 0 Å². The minimum Gasteiger partial charge on any atom is -0.317 e. The van der Waals surface area contributed by atoms with E-state index in [9.17, 15) is 0 Å². The highest BCUT2D eigenvalue weighted by Gasteiger charge is 2.02. The molecule has 0 unspecified atom stereocenters. The van der Waals surface area contributed by atoms with Crippen LogP contribution in [0.15, 0.2) is 82.8 Å². The zero-order chi connectivity index (χ0) is 14.5. The molecule has 0 bridgehead atoms. The van der Waals surface area contributed by atoms with E-state index in [2.05, 4.69) is 23.4 Å². The molecule has 3 aromatic carbocycles. The molecule has 0 radical (unpaired) electrons. The number of hydrogen-bond donors (Lipinski definition) is 0. The Labute approximate surface area is 128 Å². The van der Waals surface area contributed by atoms with Gasteiger partial charge in [0.2, 0.25) is 0 Å². The van der Waals surface area contributed by atoms with Crippen molar-refractivity contribution < 1.29 is 4.28 Å². The van der Waals surface area contributed by atoms with Crippen LogP contribution in [-0.2, 0) is 4.28 Å². The number of oxime groups is 1. The van der Waals surface area contributed by atoms with E-state index in [0.717, 1.165) is 16.2 Å². The van der Waals surface area contributed by atoms with Crippen molar-refractivity contribution in [2.24, 2.45) is 5.16 Å². The van der Waals surface area contributed by atoms with Gasteiger partial charge in [0, 0.05) is 0 Å². The average molecular weight is 293 g/mol. The molecule has 104 valence electrons. The third-order valence-corrected chi connectivity index (χ3v) is 3.93. The van der Waals surface area contributed by atoms with Crippen LogP contribution in [0.25, 0.3) is 10.8 Å². The fraction of sp³-hybridized carbons (Fsp3) is 0.0556. The minimum absolute atomic E-state index is 0.864. The van der Waals surface area contributed by atoms with E-state index in [1.54, 1.807) is 0 Å². The predicted molar refractivity (Wildman–Crippen MR) is 89.5 cm³/mol. The molecule has 3 rings (SSSR count). The maximum Gasteiger partial charge on any atom is 0.125 e. The van der Waals surface area contributed by atoms with Gasteiger partial charge in [-0.05, 0) is 29.3 Å². The number of nitrogens with zero attached hydrogens (tertiary/aromatic N) is 1. The molecule has 0 heterocycles. The third kappa shape index (κ3) is 3.26. The summed E-state index contributed by atoms with van der Waals surface area (Å²) in [7, 11) is 0. The average Bonchev–Trinajstić information content (AvgIpc) is 2.56. The Kier molecular flexibility index (Phi) is 4.22. The van der Waals surface area contributed by atoms with Crippen LogP contribution in [-0.4, -0.2) is 5.71 Å². The first-order chi connectivity index (χ1) is 10.3. The van der Waals surface area contributed by atoms with Gasteiger partial charge in [0.05, 0.1) is 10.6 Å². The van der Waals surface area contributed by atoms with Crippen molar-refractivity contribution in [3.8, 4) is 0 Å². The quantitative estimate of drug-likeness (QED) is 0.370. The Morgan fingerprint density at radius 1 is 0.857 bits per heavy atom. The molecule has 21 heavy (non-hydrogen) atoms. The van der Waals surface area contributed by atoms with Crippen LogP contribution in [0.5, 0.6) is 0 Å². The van der Waals surface area contributed by atoms with Crippen molar-refractivity contribution in [3.05, 3.63) is 78.4 Å². The number of fused-ring (bicyclic) bond motifs is 1. The molecule has 0 aromatic heterocycles. The van der Waals surface area contributed by atoms with Gasteiger partial charge in [-0.3, -0.25) is 0 Å². The first-order valence-electron chi connectivity index (χ1n) is 6.76. The van der Waals surface area contributed by atoms with E-state index in [4.69, 9.17) is 4.28 Å². The monoisotopic (exact) mass is 293 g/mol. The predicted octanol–water partition coefficient (Wildman–Crippen LogP) is 5.29. The van der Waals surface area contributed by atoms with Crippen molar-refractivity contribution in [3.63, 3.8) is 0 Å². The van der Waals surface area contributed by atoms with Crippen molar-refractivity contribution in [2.45, 2.75) is 11.8 Å². The molecule has 0 atom stereocenters. The minimum atomic E-state index is 0.864. The largest absolute Gasteiger partial charge is 0.317 e. The summed E-state index contributed by atoms with van der Waals surface area (Å²) >= 11 is 1.29. The van der Waals surface area contributed by atoms with Gasteiger partial charge in [-0.1, -0.05) is 71.9 Å². The summed E-state index contributed by atoms with van der Waals surface area (Å²) in [5, 5.41) is 6.56. The second-order valence-electron chi connectivity index (χ2n) is 4.68. The van der Waals surface area contributed by atoms with Crippen LogP contribution in [0.3, 0.4) is 0 Å². The summed E-state index contributed by atoms with van der Waals surface area (Å²) in [6, 6.07) is 24.4. The molecule has 0 fully saturated rings. The third-order valence-electron chi connectivity index (χ3n) is 3.24. The standard InChI is InChI=1S/C18H15NOS/c1-14(15-8-3-2-4-9-15)19-20-21-18-13-7-11-16-10-5-6-12-17(16)18/h2-13H,1H3. The Morgan fingerprint density at radius 3 is 2.43 bits per heavy atom. The van der Waals surface area contributed by atoms with Crippen molar-refractivity contribution >= 4 is 28.5 Å². The van der Waals surface area contributed by atoms with E-state index in [0.29, 0.717) is 0 Å². The van der Waals surface area contributed by atoms with Gasteiger partial charge in [0.25, 0.3) is 0 Å². The molecule has 0 saturated heterocycles. The van der Waals surface area contributed by atoms with Crippen molar-refractivity contribution in [1.29, 1.82) is 0 Å². The fourth-order valence-corrected chi connectivity index (χ4v) is 2.75. The van der Waals surface area contributed by atoms with Crippen LogP contribution >= 0.6 is 12.0 Å². The molecule has 0 N–H and O–H groups in total. The summed E-state index contributed by atoms with van der Waals surface area (Å²) < 4.78 is 5.45. The zero-order valence-corrected chi connectivity index (χ0v) is 12.5. The van der Waals surface area contributed by atoms with Crippen molar-refractivity contribution in [2.75, 3.05) is 0 Å². The lowest BCUT2D eigenvalue weighted by molar-refractivity contribution is 0.405. The Bertz CT molecular complexity index is 763. The van der Waals surface area contributed by atoms with Gasteiger partial charge in [0.1, 0.15) is 12.0 Å². The first kappa shape index (κ1) is 13.7. The summed E-state index contributed by atoms with van der Waals surface area (Å²) in [6.45, 7) is 1.94. The van der Waals surface area contributed by atoms with Gasteiger partial charge in [-0.25, -0.2) is 0 Å². The SMILES string of the molecule is CC(=NOSc1cccc2ccccc12)c1ccccc1. The Hall–Kier alpha value is -2.26. The van der Waals surface area contributed by atoms with Crippen LogP contribution in [0.2, 0.25) is 0 Å². The molecule has 0 amide bonds. The molecule has 3 aromatic rings. The normalized spacial score (nSPS) is 11.6. The van der Waals surface area contributed by atoms with E-state index in [1.807, 2.05) is 61.5 Å². The number of rotatable bonds is 4. The number of hydrogen-bond acceptors (Lipinski definition) is 3. The number of benzene rings is 3. The van der Waals surface area contributed by atoms with Gasteiger partial charge in [0.15, 0.2) is 0 Å². The molecule has 2 nitrogen and oxygen atoms in total. The Balaban J connectivity index is 1.75. The Morgan fingerprint density at radius 2 is 1.57 bits per heavy atom. The second-order valence-corrected chi connectivity index (χ2v) is 5.43. The summed E-state index contributed by atoms with van der Waals surface area (Å²) in [4.78, 5) is 1.07. The van der Waals surface area contributed by atoms with Crippen LogP contribution in [0.1, 0.15) is 12.5 Å². The molecule has 3 heteroatoms. The van der Waals surface area contributed by atoms with E-state index < -0.39 is 0 Å².